The molecule has 6 nitrogen and oxygen atoms in total. The Kier molecular flexibility index (Phi) is 6.30. The fourth-order valence-corrected chi connectivity index (χ4v) is 3.55. The summed E-state index contributed by atoms with van der Waals surface area (Å²) in [5.74, 6) is -3.42. The summed E-state index contributed by atoms with van der Waals surface area (Å²) >= 11 is 12.4. The van der Waals surface area contributed by atoms with Crippen LogP contribution in [0, 0.1) is 17.1 Å². The molecule has 30 heavy (non-hydrogen) atoms. The van der Waals surface area contributed by atoms with Gasteiger partial charge in [0.15, 0.2) is 11.4 Å². The van der Waals surface area contributed by atoms with Gasteiger partial charge in [0, 0.05) is 22.9 Å². The van der Waals surface area contributed by atoms with E-state index in [2.05, 4.69) is 4.98 Å². The lowest BCUT2D eigenvalue weighted by molar-refractivity contribution is 0.0519. The number of esters is 1. The predicted molar refractivity (Wildman–Crippen MR) is 110 cm³/mol. The molecule has 2 aromatic carbocycles. The van der Waals surface area contributed by atoms with E-state index in [-0.39, 0.29) is 51.5 Å². The van der Waals surface area contributed by atoms with E-state index < -0.39 is 29.0 Å². The molecule has 9 heteroatoms. The molecule has 0 bridgehead atoms. The molecule has 0 amide bonds. The van der Waals surface area contributed by atoms with E-state index >= 15 is 4.39 Å². The zero-order chi connectivity index (χ0) is 22.0. The number of nitrogens with zero attached hydrogens (tertiary/aromatic N) is 2. The van der Waals surface area contributed by atoms with Gasteiger partial charge in [-0.25, -0.2) is 14.2 Å². The van der Waals surface area contributed by atoms with Gasteiger partial charge >= 0.3 is 5.97 Å². The van der Waals surface area contributed by atoms with Gasteiger partial charge in [-0.3, -0.25) is 0 Å². The van der Waals surface area contributed by atoms with Crippen molar-refractivity contribution >= 4 is 40.1 Å². The highest BCUT2D eigenvalue weighted by Crippen LogP contribution is 2.42. The molecule has 0 saturated carbocycles. The molecule has 0 saturated heterocycles. The van der Waals surface area contributed by atoms with Gasteiger partial charge in [0.25, 0.3) is 0 Å². The molecule has 0 atom stereocenters. The van der Waals surface area contributed by atoms with E-state index in [0.717, 1.165) is 0 Å². The Morgan fingerprint density at radius 2 is 2.07 bits per heavy atom. The number of nitriles is 1. The largest absolute Gasteiger partial charge is 0.506 e. The fourth-order valence-electron chi connectivity index (χ4n) is 3.15. The summed E-state index contributed by atoms with van der Waals surface area (Å²) < 4.78 is 20.4. The highest BCUT2D eigenvalue weighted by molar-refractivity contribution is 6.43. The van der Waals surface area contributed by atoms with Gasteiger partial charge in [-0.1, -0.05) is 35.3 Å². The Morgan fingerprint density at radius 1 is 1.33 bits per heavy atom. The average Bonchev–Trinajstić information content (AvgIpc) is 2.70. The van der Waals surface area contributed by atoms with Crippen molar-refractivity contribution in [1.82, 2.24) is 4.98 Å². The maximum atomic E-state index is 15.6. The van der Waals surface area contributed by atoms with Crippen LogP contribution in [0.25, 0.3) is 22.0 Å². The van der Waals surface area contributed by atoms with Crippen molar-refractivity contribution in [3.05, 3.63) is 51.3 Å². The van der Waals surface area contributed by atoms with Gasteiger partial charge in [-0.2, -0.15) is 5.26 Å². The van der Waals surface area contributed by atoms with Gasteiger partial charge in [-0.05, 0) is 31.0 Å². The minimum atomic E-state index is -0.997. The quantitative estimate of drug-likeness (QED) is 0.506. The van der Waals surface area contributed by atoms with Crippen LogP contribution in [0.5, 0.6) is 11.6 Å². The Bertz CT molecular complexity index is 1210. The molecule has 154 valence electrons. The molecule has 1 heterocycles. The maximum Gasteiger partial charge on any atom is 0.347 e. The molecule has 2 N–H and O–H groups in total. The summed E-state index contributed by atoms with van der Waals surface area (Å²) in [6.45, 7) is 1.56. The first-order valence-electron chi connectivity index (χ1n) is 8.87. The molecule has 0 aliphatic heterocycles. The van der Waals surface area contributed by atoms with Gasteiger partial charge in [-0.15, -0.1) is 0 Å². The van der Waals surface area contributed by atoms with Crippen LogP contribution in [-0.4, -0.2) is 27.8 Å². The summed E-state index contributed by atoms with van der Waals surface area (Å²) in [7, 11) is 0. The van der Waals surface area contributed by atoms with Crippen molar-refractivity contribution in [3.8, 4) is 28.8 Å². The normalized spacial score (nSPS) is 10.8. The smallest absolute Gasteiger partial charge is 0.347 e. The summed E-state index contributed by atoms with van der Waals surface area (Å²) in [6, 6.07) is 8.09. The minimum Gasteiger partial charge on any atom is -0.506 e. The molecule has 3 rings (SSSR count). The van der Waals surface area contributed by atoms with Crippen LogP contribution in [0.4, 0.5) is 4.39 Å². The number of fused-ring (bicyclic) bond motifs is 1. The second kappa shape index (κ2) is 8.74. The number of aryl methyl sites for hydroxylation is 1. The summed E-state index contributed by atoms with van der Waals surface area (Å²) in [5, 5.41) is 29.9. The van der Waals surface area contributed by atoms with Crippen LogP contribution in [-0.2, 0) is 11.2 Å². The van der Waals surface area contributed by atoms with E-state index in [9.17, 15) is 15.0 Å². The summed E-state index contributed by atoms with van der Waals surface area (Å²) in [6.07, 6.45) is 0.198. The molecule has 1 aromatic heterocycles. The highest BCUT2D eigenvalue weighted by atomic mass is 35.5. The number of aromatic hydroxyl groups is 2. The van der Waals surface area contributed by atoms with Crippen molar-refractivity contribution in [2.24, 2.45) is 0 Å². The van der Waals surface area contributed by atoms with Crippen LogP contribution in [0.2, 0.25) is 10.0 Å². The lowest BCUT2D eigenvalue weighted by Gasteiger charge is -2.16. The van der Waals surface area contributed by atoms with E-state index in [1.807, 2.05) is 6.07 Å². The number of hydrogen-bond acceptors (Lipinski definition) is 6. The monoisotopic (exact) mass is 448 g/mol. The zero-order valence-electron chi connectivity index (χ0n) is 15.7. The molecule has 0 spiro atoms. The van der Waals surface area contributed by atoms with Crippen molar-refractivity contribution < 1.29 is 24.1 Å². The van der Waals surface area contributed by atoms with Crippen LogP contribution < -0.4 is 0 Å². The third-order valence-electron chi connectivity index (χ3n) is 4.46. The molecule has 0 unspecified atom stereocenters. The first-order chi connectivity index (χ1) is 14.3. The van der Waals surface area contributed by atoms with E-state index in [1.54, 1.807) is 25.1 Å². The average molecular weight is 449 g/mol. The topological polar surface area (TPSA) is 103 Å². The minimum absolute atomic E-state index is 0.00370. The predicted octanol–water partition coefficient (Wildman–Crippen LogP) is 5.39. The fraction of sp³-hybridized carbons (Fsp3) is 0.190. The molecule has 3 aromatic rings. The zero-order valence-corrected chi connectivity index (χ0v) is 17.2. The van der Waals surface area contributed by atoms with Crippen molar-refractivity contribution in [1.29, 1.82) is 5.26 Å². The van der Waals surface area contributed by atoms with Crippen LogP contribution in [0.3, 0.4) is 0 Å². The number of carbonyl (C=O) groups excluding carboxylic acids is 1. The number of benzene rings is 2. The SMILES string of the molecule is CCOC(=O)c1c(O)nc2c(F)c(-c3cccc(Cl)c3Cl)c(CCC#N)cc2c1O. The van der Waals surface area contributed by atoms with Gasteiger partial charge in [0.1, 0.15) is 11.3 Å². The van der Waals surface area contributed by atoms with Crippen molar-refractivity contribution in [3.63, 3.8) is 0 Å². The Morgan fingerprint density at radius 3 is 2.73 bits per heavy atom. The number of aromatic nitrogens is 1. The maximum absolute atomic E-state index is 15.6. The third kappa shape index (κ3) is 3.72. The van der Waals surface area contributed by atoms with E-state index in [4.69, 9.17) is 33.2 Å². The Hall–Kier alpha value is -3.08. The first-order valence-corrected chi connectivity index (χ1v) is 9.62. The third-order valence-corrected chi connectivity index (χ3v) is 5.28. The van der Waals surface area contributed by atoms with Crippen LogP contribution >= 0.6 is 23.2 Å². The Labute approximate surface area is 181 Å². The molecular weight excluding hydrogens is 434 g/mol. The summed E-state index contributed by atoms with van der Waals surface area (Å²) in [5.41, 5.74) is -0.274. The number of rotatable bonds is 5. The molecular formula is C21H15Cl2FN2O4. The highest BCUT2D eigenvalue weighted by Gasteiger charge is 2.27. The van der Waals surface area contributed by atoms with Gasteiger partial charge in [0.2, 0.25) is 5.88 Å². The summed E-state index contributed by atoms with van der Waals surface area (Å²) in [4.78, 5) is 15.9. The van der Waals surface area contributed by atoms with Crippen LogP contribution in [0.1, 0.15) is 29.3 Å². The van der Waals surface area contributed by atoms with Gasteiger partial charge < -0.3 is 14.9 Å². The molecule has 0 fully saturated rings. The van der Waals surface area contributed by atoms with Gasteiger partial charge in [0.05, 0.1) is 22.7 Å². The number of ether oxygens (including phenoxy) is 1. The molecule has 0 aliphatic rings. The van der Waals surface area contributed by atoms with Crippen molar-refractivity contribution in [2.45, 2.75) is 19.8 Å². The lowest BCUT2D eigenvalue weighted by atomic mass is 9.93. The molecule has 0 radical (unpaired) electrons. The second-order valence-corrected chi connectivity index (χ2v) is 7.04. The number of pyridine rings is 1. The number of halogens is 3. The Balaban J connectivity index is 2.39. The first kappa shape index (κ1) is 21.6. The van der Waals surface area contributed by atoms with E-state index in [0.29, 0.717) is 5.56 Å². The van der Waals surface area contributed by atoms with Crippen molar-refractivity contribution in [2.75, 3.05) is 6.61 Å². The lowest BCUT2D eigenvalue weighted by Crippen LogP contribution is -2.07. The van der Waals surface area contributed by atoms with E-state index in [1.165, 1.54) is 6.07 Å². The standard InChI is InChI=1S/C21H15Cl2FN2O4/c1-2-30-21(29)15-19(27)12-9-10(5-4-8-25)14(17(24)18(12)26-20(15)28)11-6-3-7-13(22)16(11)23/h3,6-7,9H,2,4-5H2,1H3,(H2,26,27,28). The molecule has 0 aliphatic carbocycles. The number of carbonyl (C=O) groups is 1. The van der Waals surface area contributed by atoms with Crippen LogP contribution in [0.15, 0.2) is 24.3 Å². The number of hydrogen-bond donors (Lipinski definition) is 2. The second-order valence-electron chi connectivity index (χ2n) is 6.26.